The predicted molar refractivity (Wildman–Crippen MR) is 179 cm³/mol. The first kappa shape index (κ1) is 35.7. The van der Waals surface area contributed by atoms with E-state index in [0.29, 0.717) is 17.9 Å². The summed E-state index contributed by atoms with van der Waals surface area (Å²) in [5, 5.41) is 18.9. The fourth-order valence-corrected chi connectivity index (χ4v) is 5.59. The number of hydrogen-bond acceptors (Lipinski definition) is 8. The minimum Gasteiger partial charge on any atom is -0.603 e. The van der Waals surface area contributed by atoms with Crippen LogP contribution in [0.1, 0.15) is 37.1 Å². The quantitative estimate of drug-likeness (QED) is 0.0876. The Labute approximate surface area is 278 Å². The second kappa shape index (κ2) is 17.7. The lowest BCUT2D eigenvalue weighted by Gasteiger charge is -2.26. The van der Waals surface area contributed by atoms with Gasteiger partial charge in [0, 0.05) is 25.0 Å². The van der Waals surface area contributed by atoms with Gasteiger partial charge in [0.25, 0.3) is 0 Å². The number of rotatable bonds is 16. The molecule has 252 valence electrons. The molecule has 1 aromatic heterocycles. The van der Waals surface area contributed by atoms with Gasteiger partial charge in [0.15, 0.2) is 6.23 Å². The van der Waals surface area contributed by atoms with Crippen molar-refractivity contribution in [3.05, 3.63) is 102 Å². The number of fused-ring (bicyclic) bond motifs is 1. The first-order valence-electron chi connectivity index (χ1n) is 15.4. The molecule has 0 spiro atoms. The van der Waals surface area contributed by atoms with Crippen LogP contribution in [0.4, 0.5) is 4.79 Å². The van der Waals surface area contributed by atoms with Gasteiger partial charge in [-0.1, -0.05) is 86.6 Å². The van der Waals surface area contributed by atoms with Gasteiger partial charge >= 0.3 is 12.1 Å². The van der Waals surface area contributed by atoms with Crippen LogP contribution in [0.2, 0.25) is 0 Å². The SMILES string of the molecule is CCC(C)[C@@H](NC(=O)C(Cc1c[nH]cn1)NC(=O)[C@@H](Cc1cccc2ccccc12)NC(=O)OCc1ccccc1)O/[P+]([O-])=C/C(=O)O. The molecule has 48 heavy (non-hydrogen) atoms. The Morgan fingerprint density at radius 2 is 1.62 bits per heavy atom. The Morgan fingerprint density at radius 1 is 0.938 bits per heavy atom. The summed E-state index contributed by atoms with van der Waals surface area (Å²) in [5.74, 6) is -2.65. The third kappa shape index (κ3) is 10.7. The smallest absolute Gasteiger partial charge is 0.408 e. The molecular weight excluding hydrogens is 637 g/mol. The van der Waals surface area contributed by atoms with Crippen LogP contribution in [0.5, 0.6) is 0 Å². The van der Waals surface area contributed by atoms with Crippen molar-refractivity contribution in [1.82, 2.24) is 25.9 Å². The first-order valence-corrected chi connectivity index (χ1v) is 16.6. The normalized spacial score (nSPS) is 13.9. The van der Waals surface area contributed by atoms with Crippen molar-refractivity contribution in [2.75, 3.05) is 0 Å². The second-order valence-corrected chi connectivity index (χ2v) is 12.1. The number of carboxylic acids is 1. The molecule has 3 amide bonds. The summed E-state index contributed by atoms with van der Waals surface area (Å²) >= 11 is 0. The highest BCUT2D eigenvalue weighted by Crippen LogP contribution is 2.22. The van der Waals surface area contributed by atoms with Gasteiger partial charge in [0.1, 0.15) is 18.7 Å². The van der Waals surface area contributed by atoms with Crippen LogP contribution in [0.3, 0.4) is 0 Å². The standard InChI is InChI=1S/C34H38N5O8P/c1-3-22(2)33(47-48(45)20-30(40)41)39-32(43)29(17-26-18-35-21-36-26)37-31(42)28(38-34(44)46-19-23-10-5-4-6-11-23)16-25-14-9-13-24-12-7-8-15-27(24)25/h4-15,18,20-22,28-29,33H,3,16-17,19H2,1-2H3,(H,35,36)(H,37,42)(H,38,44)(H,39,43)(H,40,41)/t22?,28-,29?,33+/m1/s1. The number of aromatic nitrogens is 2. The number of nitrogens with one attached hydrogen (secondary N) is 4. The number of ether oxygens (including phenoxy) is 1. The van der Waals surface area contributed by atoms with Crippen LogP contribution in [-0.4, -0.2) is 63.1 Å². The molecule has 0 bridgehead atoms. The highest BCUT2D eigenvalue weighted by Gasteiger charge is 2.32. The van der Waals surface area contributed by atoms with Gasteiger partial charge in [0.05, 0.1) is 12.0 Å². The van der Waals surface area contributed by atoms with Crippen molar-refractivity contribution in [3.63, 3.8) is 0 Å². The van der Waals surface area contributed by atoms with Crippen LogP contribution in [0, 0.1) is 5.92 Å². The summed E-state index contributed by atoms with van der Waals surface area (Å²) in [7, 11) is -2.74. The minimum absolute atomic E-state index is 0.0158. The second-order valence-electron chi connectivity index (χ2n) is 11.1. The average Bonchev–Trinajstić information content (AvgIpc) is 3.59. The van der Waals surface area contributed by atoms with Gasteiger partial charge in [-0.3, -0.25) is 9.59 Å². The number of hydrogen-bond donors (Lipinski definition) is 5. The largest absolute Gasteiger partial charge is 0.603 e. The lowest BCUT2D eigenvalue weighted by atomic mass is 9.98. The number of imidazole rings is 1. The van der Waals surface area contributed by atoms with E-state index in [2.05, 4.69) is 25.9 Å². The molecule has 13 nitrogen and oxygen atoms in total. The Morgan fingerprint density at radius 3 is 2.33 bits per heavy atom. The summed E-state index contributed by atoms with van der Waals surface area (Å²) < 4.78 is 10.8. The Bertz CT molecular complexity index is 1710. The summed E-state index contributed by atoms with van der Waals surface area (Å²) in [6.45, 7) is 3.55. The van der Waals surface area contributed by atoms with Crippen LogP contribution in [-0.2, 0) is 43.1 Å². The van der Waals surface area contributed by atoms with Crippen molar-refractivity contribution >= 4 is 48.4 Å². The maximum atomic E-state index is 14.0. The summed E-state index contributed by atoms with van der Waals surface area (Å²) in [6.07, 6.45) is 1.58. The summed E-state index contributed by atoms with van der Waals surface area (Å²) in [5.41, 5.74) is 2.01. The minimum atomic E-state index is -2.74. The van der Waals surface area contributed by atoms with Crippen LogP contribution >= 0.6 is 8.00 Å². The number of carbonyl (C=O) groups is 4. The van der Waals surface area contributed by atoms with Crippen LogP contribution < -0.4 is 20.8 Å². The van der Waals surface area contributed by atoms with E-state index in [0.717, 1.165) is 21.9 Å². The summed E-state index contributed by atoms with van der Waals surface area (Å²) in [4.78, 5) is 71.0. The molecule has 4 aromatic rings. The van der Waals surface area contributed by atoms with Crippen LogP contribution in [0.25, 0.3) is 10.8 Å². The molecule has 0 aliphatic carbocycles. The molecule has 1 heterocycles. The molecule has 3 unspecified atom stereocenters. The van der Waals surface area contributed by atoms with E-state index in [1.807, 2.05) is 67.6 Å². The number of amides is 3. The maximum Gasteiger partial charge on any atom is 0.408 e. The van der Waals surface area contributed by atoms with Crippen molar-refractivity contribution in [2.45, 2.75) is 58.0 Å². The number of nitrogens with zero attached hydrogens (tertiary/aromatic N) is 1. The molecule has 0 saturated carbocycles. The molecule has 4 rings (SSSR count). The highest BCUT2D eigenvalue weighted by atomic mass is 31.1. The third-order valence-corrected chi connectivity index (χ3v) is 8.47. The number of carboxylic acid groups (broad SMARTS) is 1. The molecule has 0 aliphatic rings. The molecule has 0 fully saturated rings. The molecule has 5 N–H and O–H groups in total. The molecule has 3 aromatic carbocycles. The summed E-state index contributed by atoms with van der Waals surface area (Å²) in [6, 6.07) is 20.0. The van der Waals surface area contributed by atoms with Gasteiger partial charge < -0.3 is 35.7 Å². The highest BCUT2D eigenvalue weighted by molar-refractivity contribution is 7.47. The zero-order valence-corrected chi connectivity index (χ0v) is 27.4. The number of aliphatic carboxylic acids is 1. The van der Waals surface area contributed by atoms with Gasteiger partial charge in [-0.25, -0.2) is 14.6 Å². The van der Waals surface area contributed by atoms with Gasteiger partial charge in [-0.05, 0) is 28.3 Å². The van der Waals surface area contributed by atoms with Crippen LogP contribution in [0.15, 0.2) is 85.3 Å². The number of benzene rings is 3. The van der Waals surface area contributed by atoms with E-state index >= 15 is 0 Å². The lowest BCUT2D eigenvalue weighted by molar-refractivity contribution is -0.178. The number of alkyl carbamates (subject to hydrolysis) is 1. The van der Waals surface area contributed by atoms with E-state index < -0.39 is 50.2 Å². The third-order valence-electron chi connectivity index (χ3n) is 7.60. The maximum absolute atomic E-state index is 14.0. The van der Waals surface area contributed by atoms with E-state index in [-0.39, 0.29) is 25.4 Å². The Hall–Kier alpha value is -5.10. The monoisotopic (exact) mass is 675 g/mol. The topological polar surface area (TPSA) is 195 Å². The van der Waals surface area contributed by atoms with E-state index in [9.17, 15) is 24.1 Å². The van der Waals surface area contributed by atoms with Gasteiger partial charge in [0.2, 0.25) is 25.6 Å². The van der Waals surface area contributed by atoms with E-state index in [4.69, 9.17) is 14.4 Å². The molecule has 14 heteroatoms. The predicted octanol–water partition coefficient (Wildman–Crippen LogP) is 3.19. The fourth-order valence-electron chi connectivity index (χ4n) is 4.86. The van der Waals surface area contributed by atoms with Crippen molar-refractivity contribution in [3.8, 4) is 0 Å². The van der Waals surface area contributed by atoms with Gasteiger partial charge in [-0.15, -0.1) is 0 Å². The first-order chi connectivity index (χ1) is 23.1. The molecular formula is C34H38N5O8P. The zero-order valence-electron chi connectivity index (χ0n) is 26.5. The molecule has 5 atom stereocenters. The molecule has 0 aliphatic heterocycles. The zero-order chi connectivity index (χ0) is 34.5. The Kier molecular flexibility index (Phi) is 13.2. The Balaban J connectivity index is 1.58. The number of carbonyl (C=O) groups excluding carboxylic acids is 3. The number of H-pyrrole nitrogens is 1. The number of aromatic amines is 1. The van der Waals surface area contributed by atoms with Crippen molar-refractivity contribution < 1.29 is 38.4 Å². The van der Waals surface area contributed by atoms with E-state index in [1.54, 1.807) is 25.3 Å². The lowest BCUT2D eigenvalue weighted by Crippen LogP contribution is -2.57. The molecule has 0 radical (unpaired) electrons. The van der Waals surface area contributed by atoms with Gasteiger partial charge in [-0.2, -0.15) is 4.52 Å². The molecule has 0 saturated heterocycles. The van der Waals surface area contributed by atoms with E-state index in [1.165, 1.54) is 6.33 Å². The fraction of sp³-hybridized carbons (Fsp3) is 0.294. The average molecular weight is 676 g/mol. The van der Waals surface area contributed by atoms with Crippen molar-refractivity contribution in [1.29, 1.82) is 0 Å². The van der Waals surface area contributed by atoms with Crippen molar-refractivity contribution in [2.24, 2.45) is 5.92 Å².